The van der Waals surface area contributed by atoms with Crippen molar-refractivity contribution in [2.24, 2.45) is 5.41 Å². The van der Waals surface area contributed by atoms with Crippen molar-refractivity contribution in [1.29, 1.82) is 5.26 Å². The first-order valence-corrected chi connectivity index (χ1v) is 6.99. The number of nitrogens with one attached hydrogen (secondary N) is 2. The topological polar surface area (TPSA) is 64.9 Å². The molecule has 0 aromatic heterocycles. The molecule has 106 valence electrons. The molecule has 0 heterocycles. The molecule has 2 rings (SSSR count). The van der Waals surface area contributed by atoms with Gasteiger partial charge in [0.05, 0.1) is 12.6 Å². The van der Waals surface area contributed by atoms with Gasteiger partial charge < -0.3 is 10.6 Å². The molecule has 0 bridgehead atoms. The molecular formula is C16H21N3O. The van der Waals surface area contributed by atoms with Crippen LogP contribution in [-0.2, 0) is 11.2 Å². The third kappa shape index (κ3) is 3.17. The lowest BCUT2D eigenvalue weighted by atomic mass is 9.70. The molecule has 0 radical (unpaired) electrons. The highest BCUT2D eigenvalue weighted by Crippen LogP contribution is 2.43. The van der Waals surface area contributed by atoms with Crippen LogP contribution in [0.25, 0.3) is 0 Å². The highest BCUT2D eigenvalue weighted by atomic mass is 16.1. The lowest BCUT2D eigenvalue weighted by Crippen LogP contribution is -2.43. The van der Waals surface area contributed by atoms with E-state index in [2.05, 4.69) is 42.7 Å². The fourth-order valence-corrected chi connectivity index (χ4v) is 2.85. The molecule has 0 saturated carbocycles. The first-order chi connectivity index (χ1) is 9.54. The summed E-state index contributed by atoms with van der Waals surface area (Å²) in [6.07, 6.45) is 2.18. The van der Waals surface area contributed by atoms with Crippen molar-refractivity contribution in [1.82, 2.24) is 10.6 Å². The van der Waals surface area contributed by atoms with E-state index in [9.17, 15) is 4.79 Å². The maximum Gasteiger partial charge on any atom is 0.234 e. The number of nitrogens with zero attached hydrogens (tertiary/aromatic N) is 1. The minimum absolute atomic E-state index is 0.0607. The van der Waals surface area contributed by atoms with Crippen molar-refractivity contribution in [3.05, 3.63) is 35.4 Å². The van der Waals surface area contributed by atoms with Crippen LogP contribution >= 0.6 is 0 Å². The molecule has 1 aliphatic carbocycles. The third-order valence-corrected chi connectivity index (χ3v) is 4.02. The Kier molecular flexibility index (Phi) is 4.41. The van der Waals surface area contributed by atoms with Gasteiger partial charge in [0.1, 0.15) is 6.54 Å². The fourth-order valence-electron chi connectivity index (χ4n) is 2.85. The number of aryl methyl sites for hydroxylation is 1. The summed E-state index contributed by atoms with van der Waals surface area (Å²) in [6.45, 7) is 4.76. The zero-order chi connectivity index (χ0) is 14.6. The maximum absolute atomic E-state index is 11.6. The second-order valence-corrected chi connectivity index (χ2v) is 5.94. The van der Waals surface area contributed by atoms with E-state index < -0.39 is 0 Å². The smallest absolute Gasteiger partial charge is 0.234 e. The number of rotatable bonds is 4. The Labute approximate surface area is 120 Å². The summed E-state index contributed by atoms with van der Waals surface area (Å²) in [7, 11) is 0. The van der Waals surface area contributed by atoms with Crippen molar-refractivity contribution < 1.29 is 4.79 Å². The molecule has 0 fully saturated rings. The van der Waals surface area contributed by atoms with Gasteiger partial charge in [-0.1, -0.05) is 38.1 Å². The van der Waals surface area contributed by atoms with Gasteiger partial charge in [0.2, 0.25) is 5.91 Å². The zero-order valence-electron chi connectivity index (χ0n) is 12.1. The van der Waals surface area contributed by atoms with Gasteiger partial charge in [0, 0.05) is 6.04 Å². The highest BCUT2D eigenvalue weighted by Gasteiger charge is 2.35. The molecule has 1 amide bonds. The summed E-state index contributed by atoms with van der Waals surface area (Å²) >= 11 is 0. The first kappa shape index (κ1) is 14.5. The largest absolute Gasteiger partial charge is 0.342 e. The first-order valence-electron chi connectivity index (χ1n) is 6.99. The number of hydrogen-bond donors (Lipinski definition) is 2. The van der Waals surface area contributed by atoms with E-state index in [4.69, 9.17) is 5.26 Å². The van der Waals surface area contributed by atoms with Gasteiger partial charge >= 0.3 is 0 Å². The Bertz CT molecular complexity index is 531. The lowest BCUT2D eigenvalue weighted by molar-refractivity contribution is -0.120. The molecule has 0 aliphatic heterocycles. The molecule has 20 heavy (non-hydrogen) atoms. The van der Waals surface area contributed by atoms with Crippen LogP contribution in [0, 0.1) is 16.7 Å². The van der Waals surface area contributed by atoms with E-state index in [1.807, 2.05) is 12.1 Å². The van der Waals surface area contributed by atoms with Crippen LogP contribution in [0.1, 0.15) is 37.4 Å². The summed E-state index contributed by atoms with van der Waals surface area (Å²) in [5, 5.41) is 14.4. The molecule has 2 N–H and O–H groups in total. The Balaban J connectivity index is 2.09. The van der Waals surface area contributed by atoms with Gasteiger partial charge in [0.15, 0.2) is 0 Å². The predicted octanol–water partition coefficient (Wildman–Crippen LogP) is 1.93. The highest BCUT2D eigenvalue weighted by molar-refractivity contribution is 5.78. The number of hydrogen-bond acceptors (Lipinski definition) is 3. The van der Waals surface area contributed by atoms with E-state index in [1.165, 1.54) is 11.1 Å². The van der Waals surface area contributed by atoms with Crippen molar-refractivity contribution in [2.75, 3.05) is 13.1 Å². The molecular weight excluding hydrogens is 250 g/mol. The third-order valence-electron chi connectivity index (χ3n) is 4.02. The average Bonchev–Trinajstić information content (AvgIpc) is 2.43. The molecule has 4 heteroatoms. The summed E-state index contributed by atoms with van der Waals surface area (Å²) < 4.78 is 0. The van der Waals surface area contributed by atoms with Crippen LogP contribution in [0.15, 0.2) is 24.3 Å². The fraction of sp³-hybridized carbons (Fsp3) is 0.500. The SMILES string of the molecule is CC1(C)CCc2ccccc2[C@H]1NCC(=O)NCC#N. The Morgan fingerprint density at radius 1 is 1.45 bits per heavy atom. The average molecular weight is 271 g/mol. The molecule has 1 aliphatic rings. The summed E-state index contributed by atoms with van der Waals surface area (Å²) in [4.78, 5) is 11.6. The molecule has 1 atom stereocenters. The van der Waals surface area contributed by atoms with Gasteiger partial charge in [-0.25, -0.2) is 0 Å². The number of benzene rings is 1. The minimum atomic E-state index is -0.134. The van der Waals surface area contributed by atoms with Gasteiger partial charge in [-0.2, -0.15) is 5.26 Å². The summed E-state index contributed by atoms with van der Waals surface area (Å²) in [5.74, 6) is -0.134. The van der Waals surface area contributed by atoms with Gasteiger partial charge in [-0.05, 0) is 29.4 Å². The van der Waals surface area contributed by atoms with Gasteiger partial charge in [-0.3, -0.25) is 4.79 Å². The van der Waals surface area contributed by atoms with E-state index in [0.29, 0.717) is 0 Å². The number of nitriles is 1. The quantitative estimate of drug-likeness (QED) is 0.822. The van der Waals surface area contributed by atoms with E-state index in [0.717, 1.165) is 12.8 Å². The zero-order valence-corrected chi connectivity index (χ0v) is 12.1. The van der Waals surface area contributed by atoms with Crippen LogP contribution in [0.4, 0.5) is 0 Å². The minimum Gasteiger partial charge on any atom is -0.342 e. The van der Waals surface area contributed by atoms with E-state index in [1.54, 1.807) is 0 Å². The molecule has 0 unspecified atom stereocenters. The summed E-state index contributed by atoms with van der Waals surface area (Å²) in [5.41, 5.74) is 2.77. The second kappa shape index (κ2) is 6.06. The van der Waals surface area contributed by atoms with Gasteiger partial charge in [-0.15, -0.1) is 0 Å². The number of carbonyl (C=O) groups is 1. The number of amides is 1. The Morgan fingerprint density at radius 2 is 2.20 bits per heavy atom. The van der Waals surface area contributed by atoms with Crippen molar-refractivity contribution in [3.63, 3.8) is 0 Å². The van der Waals surface area contributed by atoms with Crippen molar-refractivity contribution in [2.45, 2.75) is 32.7 Å². The number of fused-ring (bicyclic) bond motifs is 1. The molecule has 0 saturated heterocycles. The van der Waals surface area contributed by atoms with Crippen LogP contribution in [0.5, 0.6) is 0 Å². The monoisotopic (exact) mass is 271 g/mol. The van der Waals surface area contributed by atoms with E-state index >= 15 is 0 Å². The van der Waals surface area contributed by atoms with Crippen LogP contribution in [0.3, 0.4) is 0 Å². The second-order valence-electron chi connectivity index (χ2n) is 5.94. The van der Waals surface area contributed by atoms with Gasteiger partial charge in [0.25, 0.3) is 0 Å². The maximum atomic E-state index is 11.6. The Morgan fingerprint density at radius 3 is 2.95 bits per heavy atom. The Hall–Kier alpha value is -1.86. The molecule has 4 nitrogen and oxygen atoms in total. The lowest BCUT2D eigenvalue weighted by Gasteiger charge is -2.40. The predicted molar refractivity (Wildman–Crippen MR) is 77.9 cm³/mol. The molecule has 1 aromatic rings. The number of carbonyl (C=O) groups excluding carboxylic acids is 1. The standard InChI is InChI=1S/C16H21N3O/c1-16(2)8-7-12-5-3-4-6-13(12)15(16)19-11-14(20)18-10-9-17/h3-6,15,19H,7-8,10-11H2,1-2H3,(H,18,20)/t15-/m1/s1. The van der Waals surface area contributed by atoms with Crippen molar-refractivity contribution >= 4 is 5.91 Å². The van der Waals surface area contributed by atoms with E-state index in [-0.39, 0.29) is 30.5 Å². The summed E-state index contributed by atoms with van der Waals surface area (Å²) in [6, 6.07) is 10.5. The van der Waals surface area contributed by atoms with Crippen LogP contribution in [-0.4, -0.2) is 19.0 Å². The molecule has 0 spiro atoms. The molecule has 1 aromatic carbocycles. The van der Waals surface area contributed by atoms with Crippen LogP contribution in [0.2, 0.25) is 0 Å². The van der Waals surface area contributed by atoms with Crippen molar-refractivity contribution in [3.8, 4) is 6.07 Å². The normalized spacial score (nSPS) is 19.8. The van der Waals surface area contributed by atoms with Crippen LogP contribution < -0.4 is 10.6 Å².